The third-order valence-electron chi connectivity index (χ3n) is 6.74. The number of allylic oxidation sites excluding steroid dienone is 3. The predicted octanol–water partition coefficient (Wildman–Crippen LogP) is 2.56. The Balaban J connectivity index is 1.24. The molecule has 0 radical (unpaired) electrons. The van der Waals surface area contributed by atoms with E-state index in [0.717, 1.165) is 5.56 Å². The fourth-order valence-electron chi connectivity index (χ4n) is 4.93. The molecular formula is C24H25N3O4. The second-order valence-corrected chi connectivity index (χ2v) is 8.84. The van der Waals surface area contributed by atoms with E-state index in [1.54, 1.807) is 0 Å². The number of benzene rings is 1. The SMILES string of the molecule is Cc1ccc2c(c1)C(=O)CC1(CCN(C(=O)CC3=NNC(=O)[C@@H]4C=CC=C[C@@H]34)CC1)O2. The Morgan fingerprint density at radius 2 is 1.94 bits per heavy atom. The van der Waals surface area contributed by atoms with Crippen molar-refractivity contribution in [1.82, 2.24) is 10.3 Å². The number of likely N-dealkylation sites (tertiary alicyclic amines) is 1. The number of ether oxygens (including phenoxy) is 1. The van der Waals surface area contributed by atoms with Gasteiger partial charge < -0.3 is 9.64 Å². The summed E-state index contributed by atoms with van der Waals surface area (Å²) >= 11 is 0. The highest BCUT2D eigenvalue weighted by Gasteiger charge is 2.44. The van der Waals surface area contributed by atoms with Crippen LogP contribution in [0.5, 0.6) is 5.75 Å². The molecule has 1 aliphatic carbocycles. The van der Waals surface area contributed by atoms with Crippen molar-refractivity contribution in [2.24, 2.45) is 16.9 Å². The second-order valence-electron chi connectivity index (χ2n) is 8.84. The molecule has 1 fully saturated rings. The number of hydrogen-bond donors (Lipinski definition) is 1. The molecule has 3 heterocycles. The summed E-state index contributed by atoms with van der Waals surface area (Å²) in [6.45, 7) is 3.04. The molecule has 5 rings (SSSR count). The van der Waals surface area contributed by atoms with Crippen LogP contribution in [0.4, 0.5) is 0 Å². The Morgan fingerprint density at radius 3 is 2.71 bits per heavy atom. The van der Waals surface area contributed by atoms with Crippen LogP contribution < -0.4 is 10.2 Å². The van der Waals surface area contributed by atoms with Crippen molar-refractivity contribution in [3.05, 3.63) is 53.6 Å². The minimum absolute atomic E-state index is 0.00962. The third kappa shape index (κ3) is 3.58. The molecule has 0 unspecified atom stereocenters. The molecule has 0 saturated carbocycles. The standard InChI is InChI=1S/C24H25N3O4/c1-15-6-7-21-18(12-15)20(28)14-24(31-21)8-10-27(11-9-24)22(29)13-19-16-4-2-3-5-17(16)23(30)26-25-19/h2-7,12,16-17H,8-11,13-14H2,1H3,(H,26,30)/t16-,17-/m1/s1. The van der Waals surface area contributed by atoms with Gasteiger partial charge in [0.1, 0.15) is 11.4 Å². The Labute approximate surface area is 180 Å². The lowest BCUT2D eigenvalue weighted by Crippen LogP contribution is -2.52. The zero-order valence-corrected chi connectivity index (χ0v) is 17.5. The van der Waals surface area contributed by atoms with Crippen LogP contribution in [-0.4, -0.2) is 46.9 Å². The van der Waals surface area contributed by atoms with Gasteiger partial charge in [-0.2, -0.15) is 5.10 Å². The van der Waals surface area contributed by atoms with Crippen molar-refractivity contribution in [3.63, 3.8) is 0 Å². The van der Waals surface area contributed by atoms with Crippen molar-refractivity contribution >= 4 is 23.3 Å². The zero-order valence-electron chi connectivity index (χ0n) is 17.5. The summed E-state index contributed by atoms with van der Waals surface area (Å²) in [5, 5.41) is 4.17. The number of fused-ring (bicyclic) bond motifs is 2. The predicted molar refractivity (Wildman–Crippen MR) is 115 cm³/mol. The monoisotopic (exact) mass is 419 g/mol. The lowest BCUT2D eigenvalue weighted by Gasteiger charge is -2.44. The topological polar surface area (TPSA) is 88.1 Å². The quantitative estimate of drug-likeness (QED) is 0.798. The fraction of sp³-hybridized carbons (Fsp3) is 0.417. The molecule has 2 atom stereocenters. The maximum Gasteiger partial charge on any atom is 0.247 e. The fourth-order valence-corrected chi connectivity index (χ4v) is 4.93. The summed E-state index contributed by atoms with van der Waals surface area (Å²) in [6.07, 6.45) is 9.29. The smallest absolute Gasteiger partial charge is 0.247 e. The van der Waals surface area contributed by atoms with Gasteiger partial charge in [0.25, 0.3) is 0 Å². The number of piperidine rings is 1. The van der Waals surface area contributed by atoms with E-state index in [4.69, 9.17) is 4.74 Å². The summed E-state index contributed by atoms with van der Waals surface area (Å²) in [5.74, 6) is 0.136. The van der Waals surface area contributed by atoms with Gasteiger partial charge in [-0.25, -0.2) is 5.43 Å². The van der Waals surface area contributed by atoms with Gasteiger partial charge in [-0.15, -0.1) is 0 Å². The molecule has 31 heavy (non-hydrogen) atoms. The molecule has 2 amide bonds. The Morgan fingerprint density at radius 1 is 1.19 bits per heavy atom. The van der Waals surface area contributed by atoms with Crippen molar-refractivity contribution in [2.45, 2.75) is 38.2 Å². The molecule has 0 bridgehead atoms. The van der Waals surface area contributed by atoms with Crippen LogP contribution in [0.25, 0.3) is 0 Å². The van der Waals surface area contributed by atoms with Gasteiger partial charge >= 0.3 is 0 Å². The first-order valence-corrected chi connectivity index (χ1v) is 10.8. The maximum absolute atomic E-state index is 13.0. The molecule has 4 aliphatic rings. The van der Waals surface area contributed by atoms with E-state index in [1.165, 1.54) is 0 Å². The van der Waals surface area contributed by atoms with Crippen molar-refractivity contribution in [1.29, 1.82) is 0 Å². The highest BCUT2D eigenvalue weighted by atomic mass is 16.5. The summed E-state index contributed by atoms with van der Waals surface area (Å²) in [7, 11) is 0. The molecule has 7 nitrogen and oxygen atoms in total. The molecule has 1 saturated heterocycles. The third-order valence-corrected chi connectivity index (χ3v) is 6.74. The normalized spacial score (nSPS) is 26.0. The number of carbonyl (C=O) groups is 3. The molecule has 1 N–H and O–H groups in total. The highest BCUT2D eigenvalue weighted by molar-refractivity contribution is 6.07. The van der Waals surface area contributed by atoms with E-state index in [2.05, 4.69) is 10.5 Å². The molecule has 1 spiro atoms. The zero-order chi connectivity index (χ0) is 21.6. The molecule has 1 aromatic carbocycles. The highest BCUT2D eigenvalue weighted by Crippen LogP contribution is 2.39. The lowest BCUT2D eigenvalue weighted by molar-refractivity contribution is -0.133. The number of hydrazone groups is 1. The maximum atomic E-state index is 13.0. The van der Waals surface area contributed by atoms with Gasteiger partial charge in [0, 0.05) is 31.8 Å². The summed E-state index contributed by atoms with van der Waals surface area (Å²) in [6, 6.07) is 5.71. The first-order chi connectivity index (χ1) is 14.9. The van der Waals surface area contributed by atoms with Crippen LogP contribution in [0.3, 0.4) is 0 Å². The van der Waals surface area contributed by atoms with E-state index in [-0.39, 0.29) is 35.9 Å². The van der Waals surface area contributed by atoms with E-state index >= 15 is 0 Å². The molecule has 3 aliphatic heterocycles. The van der Waals surface area contributed by atoms with Gasteiger partial charge in [0.2, 0.25) is 11.8 Å². The van der Waals surface area contributed by atoms with Gasteiger partial charge in [0.15, 0.2) is 5.78 Å². The number of nitrogens with one attached hydrogen (secondary N) is 1. The van der Waals surface area contributed by atoms with E-state index in [0.29, 0.717) is 49.4 Å². The molecule has 1 aromatic rings. The molecule has 0 aromatic heterocycles. The van der Waals surface area contributed by atoms with E-state index in [1.807, 2.05) is 54.3 Å². The first kappa shape index (κ1) is 19.7. The minimum atomic E-state index is -0.533. The first-order valence-electron chi connectivity index (χ1n) is 10.8. The number of carbonyl (C=O) groups excluding carboxylic acids is 3. The number of nitrogens with zero attached hydrogens (tertiary/aromatic N) is 2. The van der Waals surface area contributed by atoms with Crippen LogP contribution in [0.1, 0.15) is 41.6 Å². The molecular weight excluding hydrogens is 394 g/mol. The number of Topliss-reactive ketones (excluding diaryl/α,β-unsaturated/α-hetero) is 1. The summed E-state index contributed by atoms with van der Waals surface area (Å²) in [4.78, 5) is 39.5. The Kier molecular flexibility index (Phi) is 4.76. The average Bonchev–Trinajstić information content (AvgIpc) is 2.77. The van der Waals surface area contributed by atoms with Gasteiger partial charge in [-0.1, -0.05) is 35.9 Å². The minimum Gasteiger partial charge on any atom is -0.486 e. The van der Waals surface area contributed by atoms with Crippen molar-refractivity contribution in [2.75, 3.05) is 13.1 Å². The van der Waals surface area contributed by atoms with Crippen LogP contribution in [0, 0.1) is 18.8 Å². The molecule has 7 heteroatoms. The number of amides is 2. The average molecular weight is 419 g/mol. The van der Waals surface area contributed by atoms with Crippen LogP contribution in [0.2, 0.25) is 0 Å². The van der Waals surface area contributed by atoms with Gasteiger partial charge in [0.05, 0.1) is 30.0 Å². The largest absolute Gasteiger partial charge is 0.486 e. The van der Waals surface area contributed by atoms with E-state index in [9.17, 15) is 14.4 Å². The van der Waals surface area contributed by atoms with Crippen LogP contribution in [-0.2, 0) is 9.59 Å². The number of aryl methyl sites for hydroxylation is 1. The van der Waals surface area contributed by atoms with Crippen molar-refractivity contribution in [3.8, 4) is 5.75 Å². The molecule has 160 valence electrons. The van der Waals surface area contributed by atoms with Crippen LogP contribution >= 0.6 is 0 Å². The number of hydrogen-bond acceptors (Lipinski definition) is 5. The number of rotatable bonds is 2. The van der Waals surface area contributed by atoms with Gasteiger partial charge in [-0.05, 0) is 19.1 Å². The second kappa shape index (κ2) is 7.48. The van der Waals surface area contributed by atoms with E-state index < -0.39 is 5.60 Å². The summed E-state index contributed by atoms with van der Waals surface area (Å²) < 4.78 is 6.30. The van der Waals surface area contributed by atoms with Crippen LogP contribution in [0.15, 0.2) is 47.6 Å². The van der Waals surface area contributed by atoms with Gasteiger partial charge in [-0.3, -0.25) is 14.4 Å². The van der Waals surface area contributed by atoms with Crippen molar-refractivity contribution < 1.29 is 19.1 Å². The number of ketones is 1. The lowest BCUT2D eigenvalue weighted by atomic mass is 9.81. The summed E-state index contributed by atoms with van der Waals surface area (Å²) in [5.41, 5.74) is 4.39. The Hall–Kier alpha value is -3.22. The Bertz CT molecular complexity index is 1050.